The molecule has 126 valence electrons. The van der Waals surface area contributed by atoms with Crippen molar-refractivity contribution in [1.82, 2.24) is 9.80 Å². The first-order chi connectivity index (χ1) is 11.6. The van der Waals surface area contributed by atoms with Crippen molar-refractivity contribution in [3.05, 3.63) is 64.9 Å². The van der Waals surface area contributed by atoms with Crippen LogP contribution in [0.15, 0.2) is 48.5 Å². The molecule has 1 saturated heterocycles. The highest BCUT2D eigenvalue weighted by Gasteiger charge is 2.19. The third-order valence-corrected chi connectivity index (χ3v) is 4.84. The summed E-state index contributed by atoms with van der Waals surface area (Å²) in [4.78, 5) is 4.51. The highest BCUT2D eigenvalue weighted by molar-refractivity contribution is 7.80. The van der Waals surface area contributed by atoms with Gasteiger partial charge in [0.05, 0.1) is 0 Å². The van der Waals surface area contributed by atoms with Crippen LogP contribution in [0.1, 0.15) is 5.56 Å². The number of halogens is 2. The second kappa shape index (κ2) is 7.92. The molecule has 0 spiro atoms. The second-order valence-corrected chi connectivity index (χ2v) is 6.59. The molecule has 0 saturated carbocycles. The number of piperazine rings is 1. The molecular weight excluding hydrogens is 345 g/mol. The van der Waals surface area contributed by atoms with Crippen molar-refractivity contribution in [2.75, 3.05) is 31.5 Å². The minimum absolute atomic E-state index is 0.250. The Morgan fingerprint density at radius 2 is 1.71 bits per heavy atom. The quantitative estimate of drug-likeness (QED) is 0.830. The van der Waals surface area contributed by atoms with Crippen LogP contribution in [0.4, 0.5) is 10.1 Å². The minimum Gasteiger partial charge on any atom is -0.346 e. The molecule has 1 heterocycles. The minimum atomic E-state index is -0.250. The average molecular weight is 364 g/mol. The maximum atomic E-state index is 12.9. The molecule has 1 fully saturated rings. The number of hydrogen-bond acceptors (Lipinski definition) is 2. The smallest absolute Gasteiger partial charge is 0.173 e. The normalized spacial score (nSPS) is 15.3. The van der Waals surface area contributed by atoms with Crippen molar-refractivity contribution < 1.29 is 4.39 Å². The molecule has 3 rings (SSSR count). The molecule has 0 radical (unpaired) electrons. The summed E-state index contributed by atoms with van der Waals surface area (Å²) in [7, 11) is 0. The van der Waals surface area contributed by atoms with E-state index in [1.807, 2.05) is 18.2 Å². The van der Waals surface area contributed by atoms with Gasteiger partial charge in [-0.05, 0) is 48.1 Å². The van der Waals surface area contributed by atoms with E-state index >= 15 is 0 Å². The molecule has 1 N–H and O–H groups in total. The number of benzene rings is 2. The third kappa shape index (κ3) is 4.44. The van der Waals surface area contributed by atoms with Crippen LogP contribution in [-0.2, 0) is 6.54 Å². The molecule has 0 bridgehead atoms. The standard InChI is InChI=1S/C18H19ClFN3S/c19-17-4-2-1-3-14(17)13-22-9-11-23(12-10-22)18(24)21-16-7-5-15(20)6-8-16/h1-8H,9-13H2,(H,21,24). The Labute approximate surface area is 152 Å². The molecule has 3 nitrogen and oxygen atoms in total. The van der Waals surface area contributed by atoms with Gasteiger partial charge in [-0.1, -0.05) is 29.8 Å². The predicted molar refractivity (Wildman–Crippen MR) is 101 cm³/mol. The van der Waals surface area contributed by atoms with Gasteiger partial charge in [-0.15, -0.1) is 0 Å². The summed E-state index contributed by atoms with van der Waals surface area (Å²) in [6, 6.07) is 14.2. The maximum absolute atomic E-state index is 12.9. The van der Waals surface area contributed by atoms with Crippen LogP contribution in [0.2, 0.25) is 5.02 Å². The summed E-state index contributed by atoms with van der Waals surface area (Å²) in [6.45, 7) is 4.42. The number of nitrogens with one attached hydrogen (secondary N) is 1. The highest BCUT2D eigenvalue weighted by atomic mass is 35.5. The topological polar surface area (TPSA) is 18.5 Å². The third-order valence-electron chi connectivity index (χ3n) is 4.11. The number of nitrogens with zero attached hydrogens (tertiary/aromatic N) is 2. The van der Waals surface area contributed by atoms with Crippen molar-refractivity contribution in [2.24, 2.45) is 0 Å². The zero-order valence-electron chi connectivity index (χ0n) is 13.2. The van der Waals surface area contributed by atoms with Gasteiger partial charge >= 0.3 is 0 Å². The number of thiocarbonyl (C=S) groups is 1. The van der Waals surface area contributed by atoms with E-state index in [1.165, 1.54) is 12.1 Å². The van der Waals surface area contributed by atoms with E-state index in [1.54, 1.807) is 12.1 Å². The van der Waals surface area contributed by atoms with E-state index in [9.17, 15) is 4.39 Å². The Morgan fingerprint density at radius 3 is 2.38 bits per heavy atom. The van der Waals surface area contributed by atoms with E-state index in [-0.39, 0.29) is 5.82 Å². The van der Waals surface area contributed by atoms with Gasteiger partial charge in [-0.3, -0.25) is 4.90 Å². The van der Waals surface area contributed by atoms with Crippen LogP contribution < -0.4 is 5.32 Å². The lowest BCUT2D eigenvalue weighted by molar-refractivity contribution is 0.177. The number of rotatable bonds is 3. The van der Waals surface area contributed by atoms with Crippen molar-refractivity contribution in [2.45, 2.75) is 6.54 Å². The van der Waals surface area contributed by atoms with Gasteiger partial charge < -0.3 is 10.2 Å². The van der Waals surface area contributed by atoms with Crippen LogP contribution in [-0.4, -0.2) is 41.1 Å². The average Bonchev–Trinajstić information content (AvgIpc) is 2.59. The molecule has 24 heavy (non-hydrogen) atoms. The van der Waals surface area contributed by atoms with Gasteiger partial charge in [0, 0.05) is 43.4 Å². The monoisotopic (exact) mass is 363 g/mol. The molecule has 0 aliphatic carbocycles. The molecule has 0 unspecified atom stereocenters. The highest BCUT2D eigenvalue weighted by Crippen LogP contribution is 2.18. The largest absolute Gasteiger partial charge is 0.346 e. The van der Waals surface area contributed by atoms with Crippen molar-refractivity contribution in [1.29, 1.82) is 0 Å². The Bertz CT molecular complexity index is 700. The van der Waals surface area contributed by atoms with Crippen molar-refractivity contribution in [3.63, 3.8) is 0 Å². The Balaban J connectivity index is 1.50. The fraction of sp³-hybridized carbons (Fsp3) is 0.278. The SMILES string of the molecule is Fc1ccc(NC(=S)N2CCN(Cc3ccccc3Cl)CC2)cc1. The Kier molecular flexibility index (Phi) is 5.66. The maximum Gasteiger partial charge on any atom is 0.173 e. The van der Waals surface area contributed by atoms with E-state index < -0.39 is 0 Å². The van der Waals surface area contributed by atoms with Gasteiger partial charge in [-0.25, -0.2) is 4.39 Å². The number of anilines is 1. The van der Waals surface area contributed by atoms with Crippen LogP contribution in [0.3, 0.4) is 0 Å². The fourth-order valence-electron chi connectivity index (χ4n) is 2.71. The zero-order valence-corrected chi connectivity index (χ0v) is 14.8. The summed E-state index contributed by atoms with van der Waals surface area (Å²) < 4.78 is 12.9. The molecule has 2 aromatic carbocycles. The first-order valence-electron chi connectivity index (χ1n) is 7.89. The summed E-state index contributed by atoms with van der Waals surface area (Å²) in [5, 5.41) is 4.66. The zero-order chi connectivity index (χ0) is 16.9. The van der Waals surface area contributed by atoms with Crippen LogP contribution in [0, 0.1) is 5.82 Å². The molecule has 0 amide bonds. The summed E-state index contributed by atoms with van der Waals surface area (Å²) in [5.74, 6) is -0.250. The van der Waals surface area contributed by atoms with Crippen LogP contribution in [0.25, 0.3) is 0 Å². The number of hydrogen-bond donors (Lipinski definition) is 1. The van der Waals surface area contributed by atoms with Gasteiger partial charge in [0.2, 0.25) is 0 Å². The van der Waals surface area contributed by atoms with Crippen molar-refractivity contribution >= 4 is 34.6 Å². The van der Waals surface area contributed by atoms with Crippen LogP contribution in [0.5, 0.6) is 0 Å². The lowest BCUT2D eigenvalue weighted by Crippen LogP contribution is -2.49. The van der Waals surface area contributed by atoms with Gasteiger partial charge in [0.1, 0.15) is 5.82 Å². The molecular formula is C18H19ClFN3S. The Hall–Kier alpha value is -1.69. The first kappa shape index (κ1) is 17.1. The molecule has 6 heteroatoms. The lowest BCUT2D eigenvalue weighted by Gasteiger charge is -2.36. The predicted octanol–water partition coefficient (Wildman–Crippen LogP) is 3.99. The summed E-state index contributed by atoms with van der Waals surface area (Å²) >= 11 is 11.7. The van der Waals surface area contributed by atoms with E-state index in [0.29, 0.717) is 5.11 Å². The first-order valence-corrected chi connectivity index (χ1v) is 8.68. The summed E-state index contributed by atoms with van der Waals surface area (Å²) in [6.07, 6.45) is 0. The molecule has 2 aromatic rings. The van der Waals surface area contributed by atoms with Gasteiger partial charge in [-0.2, -0.15) is 0 Å². The van der Waals surface area contributed by atoms with E-state index in [0.717, 1.165) is 49.0 Å². The molecule has 0 aromatic heterocycles. The van der Waals surface area contributed by atoms with Gasteiger partial charge in [0.25, 0.3) is 0 Å². The second-order valence-electron chi connectivity index (χ2n) is 5.79. The van der Waals surface area contributed by atoms with Crippen LogP contribution >= 0.6 is 23.8 Å². The summed E-state index contributed by atoms with van der Waals surface area (Å²) in [5.41, 5.74) is 1.96. The Morgan fingerprint density at radius 1 is 1.04 bits per heavy atom. The van der Waals surface area contributed by atoms with E-state index in [2.05, 4.69) is 21.2 Å². The fourth-order valence-corrected chi connectivity index (χ4v) is 3.21. The molecule has 1 aliphatic heterocycles. The molecule has 1 aliphatic rings. The van der Waals surface area contributed by atoms with Gasteiger partial charge in [0.15, 0.2) is 5.11 Å². The van der Waals surface area contributed by atoms with E-state index in [4.69, 9.17) is 23.8 Å². The van der Waals surface area contributed by atoms with Crippen molar-refractivity contribution in [3.8, 4) is 0 Å². The lowest BCUT2D eigenvalue weighted by atomic mass is 10.2. The molecule has 0 atom stereocenters.